The largest absolute Gasteiger partial charge is 0.242 e. The van der Waals surface area contributed by atoms with E-state index < -0.39 is 5.95 Å². The van der Waals surface area contributed by atoms with E-state index in [4.69, 9.17) is 0 Å². The Kier molecular flexibility index (Phi) is 1.53. The molecule has 1 heterocycles. The molecule has 0 unspecified atom stereocenters. The number of rotatable bonds is 0. The summed E-state index contributed by atoms with van der Waals surface area (Å²) in [5.41, 5.74) is 0. The molecule has 1 radical (unpaired) electrons. The van der Waals surface area contributed by atoms with Crippen molar-refractivity contribution in [1.82, 2.24) is 9.97 Å². The van der Waals surface area contributed by atoms with Gasteiger partial charge >= 0.3 is 0 Å². The molecule has 0 aliphatic heterocycles. The van der Waals surface area contributed by atoms with Gasteiger partial charge in [0.05, 0.1) is 6.20 Å². The fourth-order valence-corrected chi connectivity index (χ4v) is 0.458. The lowest BCUT2D eigenvalue weighted by atomic mass is 10.7. The van der Waals surface area contributed by atoms with Crippen LogP contribution in [0.3, 0.4) is 0 Å². The molecule has 0 amide bonds. The van der Waals surface area contributed by atoms with E-state index in [1.54, 1.807) is 0 Å². The lowest BCUT2D eigenvalue weighted by Gasteiger charge is -1.82. The van der Waals surface area contributed by atoms with Crippen LogP contribution in [-0.4, -0.2) is 9.97 Å². The molecule has 0 N–H and O–H groups in total. The Morgan fingerprint density at radius 3 is 2.88 bits per heavy atom. The Labute approximate surface area is 53.9 Å². The first-order valence-electron chi connectivity index (χ1n) is 1.85. The summed E-state index contributed by atoms with van der Waals surface area (Å²) < 4.78 is 12.3. The minimum atomic E-state index is -0.617. The molecule has 1 aromatic heterocycles. The van der Waals surface area contributed by atoms with Crippen molar-refractivity contribution in [2.24, 2.45) is 0 Å². The molecule has 0 bridgehead atoms. The summed E-state index contributed by atoms with van der Waals surface area (Å²) in [6, 6.07) is 0. The number of aromatic nitrogens is 2. The summed E-state index contributed by atoms with van der Waals surface area (Å²) in [6.45, 7) is 0. The predicted octanol–water partition coefficient (Wildman–Crippen LogP) is 1.18. The summed E-state index contributed by atoms with van der Waals surface area (Å²) >= 11 is 2.95. The van der Waals surface area contributed by atoms with Gasteiger partial charge in [-0.05, 0) is 15.9 Å². The van der Waals surface area contributed by atoms with Crippen molar-refractivity contribution >= 4 is 15.9 Å². The van der Waals surface area contributed by atoms with Gasteiger partial charge in [0.2, 0.25) is 5.95 Å². The van der Waals surface area contributed by atoms with Crippen molar-refractivity contribution in [2.45, 2.75) is 0 Å². The minimum absolute atomic E-state index is 0.416. The van der Waals surface area contributed by atoms with Crippen molar-refractivity contribution in [3.05, 3.63) is 22.9 Å². The molecule has 0 spiro atoms. The molecule has 0 aromatic carbocycles. The average Bonchev–Trinajstić information content (AvgIpc) is 1.77. The van der Waals surface area contributed by atoms with Gasteiger partial charge in [0.15, 0.2) is 0 Å². The maximum Gasteiger partial charge on any atom is 0.232 e. The average molecular weight is 176 g/mol. The van der Waals surface area contributed by atoms with Crippen LogP contribution in [0.4, 0.5) is 4.39 Å². The number of halogens is 2. The van der Waals surface area contributed by atoms with E-state index in [-0.39, 0.29) is 0 Å². The Morgan fingerprint density at radius 2 is 2.50 bits per heavy atom. The van der Waals surface area contributed by atoms with E-state index in [0.717, 1.165) is 6.20 Å². The van der Waals surface area contributed by atoms with Crippen LogP contribution in [0.15, 0.2) is 10.8 Å². The highest BCUT2D eigenvalue weighted by Crippen LogP contribution is 1.99. The van der Waals surface area contributed by atoms with Gasteiger partial charge in [-0.15, -0.1) is 0 Å². The second kappa shape index (κ2) is 2.17. The Balaban J connectivity index is 3.03. The lowest BCUT2D eigenvalue weighted by Crippen LogP contribution is -1.83. The van der Waals surface area contributed by atoms with Crippen molar-refractivity contribution < 1.29 is 4.39 Å². The van der Waals surface area contributed by atoms with Gasteiger partial charge in [0.25, 0.3) is 0 Å². The highest BCUT2D eigenvalue weighted by molar-refractivity contribution is 9.10. The third-order valence-corrected chi connectivity index (χ3v) is 0.921. The smallest absolute Gasteiger partial charge is 0.232 e. The summed E-state index contributed by atoms with van der Waals surface area (Å²) in [5.74, 6) is -0.617. The fraction of sp³-hybridized carbons (Fsp3) is 0. The van der Waals surface area contributed by atoms with Crippen molar-refractivity contribution in [2.75, 3.05) is 0 Å². The van der Waals surface area contributed by atoms with Crippen LogP contribution in [0, 0.1) is 12.1 Å². The molecule has 0 saturated carbocycles. The minimum Gasteiger partial charge on any atom is -0.242 e. The normalized spacial score (nSPS) is 9.25. The Bertz CT molecular complexity index is 153. The van der Waals surface area contributed by atoms with Gasteiger partial charge in [0, 0.05) is 0 Å². The second-order valence-corrected chi connectivity index (χ2v) is 1.85. The second-order valence-electron chi connectivity index (χ2n) is 1.10. The summed E-state index contributed by atoms with van der Waals surface area (Å²) in [4.78, 5) is 6.68. The monoisotopic (exact) mass is 175 g/mol. The third-order valence-electron chi connectivity index (χ3n) is 0.539. The maximum absolute atomic E-state index is 11.9. The van der Waals surface area contributed by atoms with Crippen LogP contribution in [0.25, 0.3) is 0 Å². The Morgan fingerprint density at radius 1 is 1.75 bits per heavy atom. The molecule has 4 heteroatoms. The van der Waals surface area contributed by atoms with Crippen LogP contribution in [0.5, 0.6) is 0 Å². The van der Waals surface area contributed by atoms with Gasteiger partial charge in [-0.3, -0.25) is 0 Å². The van der Waals surface area contributed by atoms with Gasteiger partial charge in [-0.25, -0.2) is 9.97 Å². The molecule has 0 aliphatic carbocycles. The van der Waals surface area contributed by atoms with E-state index in [0.29, 0.717) is 4.60 Å². The quantitative estimate of drug-likeness (QED) is 0.592. The van der Waals surface area contributed by atoms with E-state index in [9.17, 15) is 4.39 Å². The Hall–Kier alpha value is -0.510. The number of hydrogen-bond acceptors (Lipinski definition) is 2. The molecule has 8 heavy (non-hydrogen) atoms. The summed E-state index contributed by atoms with van der Waals surface area (Å²) in [5, 5.41) is 0. The number of hydrogen-bond donors (Lipinski definition) is 0. The zero-order chi connectivity index (χ0) is 5.98. The predicted molar refractivity (Wildman–Crippen MR) is 28.5 cm³/mol. The molecular weight excluding hydrogens is 175 g/mol. The molecule has 2 nitrogen and oxygen atoms in total. The van der Waals surface area contributed by atoms with Crippen LogP contribution in [-0.2, 0) is 0 Å². The fourth-order valence-electron chi connectivity index (χ4n) is 0.267. The van der Waals surface area contributed by atoms with Gasteiger partial charge < -0.3 is 0 Å². The first-order valence-corrected chi connectivity index (χ1v) is 2.64. The van der Waals surface area contributed by atoms with Gasteiger partial charge in [-0.2, -0.15) is 4.39 Å². The molecule has 41 valence electrons. The molecule has 0 saturated heterocycles. The third kappa shape index (κ3) is 1.23. The van der Waals surface area contributed by atoms with Crippen LogP contribution < -0.4 is 0 Å². The van der Waals surface area contributed by atoms with Crippen LogP contribution in [0.1, 0.15) is 0 Å². The molecule has 1 aromatic rings. The SMILES string of the molecule is Fc1cnc(Br)[c]n1. The van der Waals surface area contributed by atoms with Crippen molar-refractivity contribution in [3.63, 3.8) is 0 Å². The topological polar surface area (TPSA) is 25.8 Å². The van der Waals surface area contributed by atoms with E-state index in [1.807, 2.05) is 0 Å². The lowest BCUT2D eigenvalue weighted by molar-refractivity contribution is 0.574. The van der Waals surface area contributed by atoms with Gasteiger partial charge in [-0.1, -0.05) is 0 Å². The van der Waals surface area contributed by atoms with E-state index in [2.05, 4.69) is 32.1 Å². The van der Waals surface area contributed by atoms with E-state index in [1.165, 1.54) is 0 Å². The van der Waals surface area contributed by atoms with Gasteiger partial charge in [0.1, 0.15) is 10.8 Å². The molecule has 0 atom stereocenters. The summed E-state index contributed by atoms with van der Waals surface area (Å²) in [6.07, 6.45) is 3.29. The molecule has 0 fully saturated rings. The number of nitrogens with zero attached hydrogens (tertiary/aromatic N) is 2. The highest BCUT2D eigenvalue weighted by Gasteiger charge is 1.89. The van der Waals surface area contributed by atoms with E-state index >= 15 is 0 Å². The standard InChI is InChI=1S/C4HBrFN2/c5-3-1-8-4(6)2-7-3/h2H. The maximum atomic E-state index is 11.9. The summed E-state index contributed by atoms with van der Waals surface area (Å²) in [7, 11) is 0. The zero-order valence-corrected chi connectivity index (χ0v) is 5.31. The van der Waals surface area contributed by atoms with Crippen molar-refractivity contribution in [3.8, 4) is 0 Å². The molecular formula is C4HBrFN2. The van der Waals surface area contributed by atoms with Crippen molar-refractivity contribution in [1.29, 1.82) is 0 Å². The zero-order valence-electron chi connectivity index (χ0n) is 3.73. The molecule has 0 aliphatic rings. The first kappa shape index (κ1) is 5.62. The molecule has 1 rings (SSSR count). The van der Waals surface area contributed by atoms with Crippen LogP contribution >= 0.6 is 15.9 Å². The van der Waals surface area contributed by atoms with Crippen LogP contribution in [0.2, 0.25) is 0 Å². The highest BCUT2D eigenvalue weighted by atomic mass is 79.9. The first-order chi connectivity index (χ1) is 3.79.